The van der Waals surface area contributed by atoms with Gasteiger partial charge in [0.2, 0.25) is 0 Å². The molecule has 0 aromatic heterocycles. The smallest absolute Gasteiger partial charge is 0.338 e. The van der Waals surface area contributed by atoms with E-state index in [1.165, 1.54) is 6.21 Å². The maximum absolute atomic E-state index is 12.7. The van der Waals surface area contributed by atoms with Crippen LogP contribution in [-0.2, 0) is 20.9 Å². The van der Waals surface area contributed by atoms with Crippen LogP contribution in [0.3, 0.4) is 0 Å². The largest absolute Gasteiger partial charge is 0.488 e. The Morgan fingerprint density at radius 3 is 2.67 bits per heavy atom. The number of hydrazone groups is 1. The van der Waals surface area contributed by atoms with E-state index in [1.54, 1.807) is 38.1 Å². The minimum Gasteiger partial charge on any atom is -0.488 e. The lowest BCUT2D eigenvalue weighted by atomic mass is 9.95. The van der Waals surface area contributed by atoms with Crippen LogP contribution in [0.25, 0.3) is 0 Å². The summed E-state index contributed by atoms with van der Waals surface area (Å²) >= 11 is 14.8. The van der Waals surface area contributed by atoms with Gasteiger partial charge in [0.15, 0.2) is 11.7 Å². The van der Waals surface area contributed by atoms with E-state index in [0.717, 1.165) is 15.6 Å². The van der Waals surface area contributed by atoms with Crippen LogP contribution in [0.5, 0.6) is 11.5 Å². The van der Waals surface area contributed by atoms with Gasteiger partial charge < -0.3 is 24.8 Å². The number of allylic oxidation sites excluding steroid dienone is 1. The fourth-order valence-electron chi connectivity index (χ4n) is 4.11. The summed E-state index contributed by atoms with van der Waals surface area (Å²) in [6.07, 6.45) is 1.51. The Morgan fingerprint density at radius 1 is 1.10 bits per heavy atom. The molecule has 1 aliphatic heterocycles. The number of nitrogens with zero attached hydrogens (tertiary/aromatic N) is 1. The standard InChI is InChI=1S/C30H28BrClN4O5S/c1-3-39-29(38)27-18(2)34-30(42)35-28(27)22-9-4-5-10-24(22)41-17-26(37)36-33-15-19-11-12-25(23(31)14-19)40-16-20-7-6-8-21(32)13-20/h4-15,28H,3,16-17H2,1-2H3,(H,36,37)(H2,34,35,42)/t28-/m0/s1. The summed E-state index contributed by atoms with van der Waals surface area (Å²) in [6, 6.07) is 19.4. The van der Waals surface area contributed by atoms with Crippen LogP contribution in [0.15, 0.2) is 87.6 Å². The van der Waals surface area contributed by atoms with E-state index in [0.29, 0.717) is 45.1 Å². The molecule has 0 saturated carbocycles. The van der Waals surface area contributed by atoms with E-state index in [-0.39, 0.29) is 13.2 Å². The number of para-hydroxylation sites is 1. The number of hydrogen-bond donors (Lipinski definition) is 3. The second kappa shape index (κ2) is 14.8. The summed E-state index contributed by atoms with van der Waals surface area (Å²) in [6.45, 7) is 3.78. The summed E-state index contributed by atoms with van der Waals surface area (Å²) in [5, 5.41) is 11.1. The van der Waals surface area contributed by atoms with Gasteiger partial charge in [0.05, 0.1) is 28.9 Å². The summed E-state index contributed by atoms with van der Waals surface area (Å²) in [4.78, 5) is 25.2. The number of carbonyl (C=O) groups excluding carboxylic acids is 2. The molecule has 1 amide bonds. The Morgan fingerprint density at radius 2 is 1.90 bits per heavy atom. The molecule has 0 saturated heterocycles. The van der Waals surface area contributed by atoms with Gasteiger partial charge in [-0.25, -0.2) is 10.2 Å². The van der Waals surface area contributed by atoms with Crippen LogP contribution < -0.4 is 25.5 Å². The van der Waals surface area contributed by atoms with Crippen molar-refractivity contribution in [3.05, 3.63) is 104 Å². The molecular formula is C30H28BrClN4O5S. The Bertz CT molecular complexity index is 1550. The van der Waals surface area contributed by atoms with Crippen molar-refractivity contribution < 1.29 is 23.8 Å². The molecule has 0 spiro atoms. The van der Waals surface area contributed by atoms with E-state index in [4.69, 9.17) is 38.0 Å². The highest BCUT2D eigenvalue weighted by atomic mass is 79.9. The molecule has 0 fully saturated rings. The van der Waals surface area contributed by atoms with Gasteiger partial charge in [-0.05, 0) is 89.5 Å². The van der Waals surface area contributed by atoms with Crippen molar-refractivity contribution in [1.29, 1.82) is 0 Å². The van der Waals surface area contributed by atoms with Gasteiger partial charge in [-0.15, -0.1) is 0 Å². The van der Waals surface area contributed by atoms with Crippen molar-refractivity contribution in [3.63, 3.8) is 0 Å². The Balaban J connectivity index is 1.35. The topological polar surface area (TPSA) is 110 Å². The second-order valence-corrected chi connectivity index (χ2v) is 10.7. The average molecular weight is 672 g/mol. The molecule has 3 aromatic rings. The zero-order valence-electron chi connectivity index (χ0n) is 22.8. The van der Waals surface area contributed by atoms with Gasteiger partial charge in [-0.1, -0.05) is 41.9 Å². The Hall–Kier alpha value is -3.93. The van der Waals surface area contributed by atoms with Crippen LogP contribution in [0.4, 0.5) is 0 Å². The van der Waals surface area contributed by atoms with Gasteiger partial charge in [0.1, 0.15) is 18.1 Å². The predicted molar refractivity (Wildman–Crippen MR) is 169 cm³/mol. The van der Waals surface area contributed by atoms with Crippen molar-refractivity contribution in [2.45, 2.75) is 26.5 Å². The van der Waals surface area contributed by atoms with Crippen LogP contribution >= 0.6 is 39.7 Å². The van der Waals surface area contributed by atoms with Crippen molar-refractivity contribution in [2.75, 3.05) is 13.2 Å². The fraction of sp³-hybridized carbons (Fsp3) is 0.200. The van der Waals surface area contributed by atoms with Gasteiger partial charge in [0, 0.05) is 16.3 Å². The van der Waals surface area contributed by atoms with Gasteiger partial charge in [0.25, 0.3) is 5.91 Å². The third-order valence-electron chi connectivity index (χ3n) is 6.00. The lowest BCUT2D eigenvalue weighted by Crippen LogP contribution is -2.45. The first-order valence-electron chi connectivity index (χ1n) is 12.9. The van der Waals surface area contributed by atoms with Gasteiger partial charge in [-0.2, -0.15) is 5.10 Å². The molecule has 1 aliphatic rings. The van der Waals surface area contributed by atoms with Crippen LogP contribution in [-0.4, -0.2) is 36.4 Å². The molecular weight excluding hydrogens is 644 g/mol. The number of esters is 1. The molecule has 3 N–H and O–H groups in total. The monoisotopic (exact) mass is 670 g/mol. The molecule has 1 heterocycles. The highest BCUT2D eigenvalue weighted by molar-refractivity contribution is 9.10. The highest BCUT2D eigenvalue weighted by Crippen LogP contribution is 2.33. The molecule has 4 rings (SSSR count). The van der Waals surface area contributed by atoms with E-state index >= 15 is 0 Å². The average Bonchev–Trinajstić information content (AvgIpc) is 2.95. The van der Waals surface area contributed by atoms with Crippen molar-refractivity contribution in [1.82, 2.24) is 16.1 Å². The minimum absolute atomic E-state index is 0.227. The number of carbonyl (C=O) groups is 2. The molecule has 42 heavy (non-hydrogen) atoms. The number of benzene rings is 3. The highest BCUT2D eigenvalue weighted by Gasteiger charge is 2.32. The lowest BCUT2D eigenvalue weighted by Gasteiger charge is -2.30. The lowest BCUT2D eigenvalue weighted by molar-refractivity contribution is -0.139. The van der Waals surface area contributed by atoms with Gasteiger partial charge in [-0.3, -0.25) is 4.79 Å². The molecule has 1 atom stereocenters. The number of rotatable bonds is 11. The first-order valence-corrected chi connectivity index (χ1v) is 14.5. The molecule has 3 aromatic carbocycles. The zero-order chi connectivity index (χ0) is 30.1. The number of halogens is 2. The third kappa shape index (κ3) is 8.31. The minimum atomic E-state index is -0.619. The van der Waals surface area contributed by atoms with E-state index in [1.807, 2.05) is 42.5 Å². The maximum Gasteiger partial charge on any atom is 0.338 e. The van der Waals surface area contributed by atoms with Crippen LogP contribution in [0, 0.1) is 0 Å². The zero-order valence-corrected chi connectivity index (χ0v) is 25.9. The van der Waals surface area contributed by atoms with E-state index < -0.39 is 17.9 Å². The van der Waals surface area contributed by atoms with E-state index in [2.05, 4.69) is 37.1 Å². The fourth-order valence-corrected chi connectivity index (χ4v) is 5.11. The third-order valence-corrected chi connectivity index (χ3v) is 7.07. The van der Waals surface area contributed by atoms with Crippen LogP contribution in [0.2, 0.25) is 5.02 Å². The number of hydrogen-bond acceptors (Lipinski definition) is 7. The molecule has 9 nitrogen and oxygen atoms in total. The van der Waals surface area contributed by atoms with Gasteiger partial charge >= 0.3 is 5.97 Å². The predicted octanol–water partition coefficient (Wildman–Crippen LogP) is 5.57. The summed E-state index contributed by atoms with van der Waals surface area (Å²) in [5.41, 5.74) is 5.74. The number of nitrogens with one attached hydrogen (secondary N) is 3. The molecule has 218 valence electrons. The summed E-state index contributed by atoms with van der Waals surface area (Å²) in [7, 11) is 0. The summed E-state index contributed by atoms with van der Waals surface area (Å²) < 4.78 is 17.7. The Labute approximate surface area is 262 Å². The van der Waals surface area contributed by atoms with Crippen molar-refractivity contribution >= 4 is 63.0 Å². The SMILES string of the molecule is CCOC(=O)C1=C(C)NC(=S)N[C@H]1c1ccccc1OCC(=O)NN=Cc1ccc(OCc2cccc(Cl)c2)c(Br)c1. The molecule has 12 heteroatoms. The summed E-state index contributed by atoms with van der Waals surface area (Å²) in [5.74, 6) is 0.124. The first-order chi connectivity index (χ1) is 20.2. The second-order valence-electron chi connectivity index (χ2n) is 9.02. The number of ether oxygens (including phenoxy) is 3. The molecule has 0 bridgehead atoms. The maximum atomic E-state index is 12.7. The van der Waals surface area contributed by atoms with E-state index in [9.17, 15) is 9.59 Å². The quantitative estimate of drug-likeness (QED) is 0.105. The molecule has 0 radical (unpaired) electrons. The normalized spacial score (nSPS) is 14.7. The number of amides is 1. The number of thiocarbonyl (C=S) groups is 1. The van der Waals surface area contributed by atoms with Crippen molar-refractivity contribution in [2.24, 2.45) is 5.10 Å². The molecule has 0 unspecified atom stereocenters. The Kier molecular flexibility index (Phi) is 10.9. The van der Waals surface area contributed by atoms with Crippen LogP contribution in [0.1, 0.15) is 36.6 Å². The van der Waals surface area contributed by atoms with Crippen molar-refractivity contribution in [3.8, 4) is 11.5 Å². The first kappa shape index (κ1) is 31.0. The molecule has 0 aliphatic carbocycles.